The zero-order valence-corrected chi connectivity index (χ0v) is 36.5. The third-order valence-corrected chi connectivity index (χ3v) is 13.2. The number of aliphatic hydroxyl groups is 3. The maximum Gasteiger partial charge on any atom is 0.408 e. The molecular weight excluding hydrogens is 836 g/mol. The van der Waals surface area contributed by atoms with Crippen LogP contribution in [-0.4, -0.2) is 124 Å². The van der Waals surface area contributed by atoms with Crippen LogP contribution in [-0.2, 0) is 47.6 Å². The number of rotatable bonds is 11. The summed E-state index contributed by atoms with van der Waals surface area (Å²) in [5.74, 6) is -7.16. The summed E-state index contributed by atoms with van der Waals surface area (Å²) in [5, 5.41) is 39.0. The number of ether oxygens (including phenoxy) is 7. The summed E-state index contributed by atoms with van der Waals surface area (Å²) in [7, 11) is 1.37. The number of nitrogens with one attached hydrogen (secondary N) is 1. The van der Waals surface area contributed by atoms with Gasteiger partial charge in [0, 0.05) is 31.3 Å². The van der Waals surface area contributed by atoms with Gasteiger partial charge < -0.3 is 53.8 Å². The van der Waals surface area contributed by atoms with Crippen LogP contribution in [0.4, 0.5) is 13.6 Å². The lowest BCUT2D eigenvalue weighted by atomic mass is 9.44. The van der Waals surface area contributed by atoms with Gasteiger partial charge in [-0.05, 0) is 76.8 Å². The number of fused-ring (bicyclic) bond motifs is 5. The summed E-state index contributed by atoms with van der Waals surface area (Å²) in [6.07, 6.45) is -14.4. The lowest BCUT2D eigenvalue weighted by molar-refractivity contribution is -0.346. The van der Waals surface area contributed by atoms with Crippen molar-refractivity contribution < 1.29 is 86.0 Å². The summed E-state index contributed by atoms with van der Waals surface area (Å²) in [5.41, 5.74) is -9.57. The molecule has 4 aliphatic carbocycles. The Balaban J connectivity index is 1.56. The Hall–Kier alpha value is -4.98. The Morgan fingerprint density at radius 1 is 1.05 bits per heavy atom. The Kier molecular flexibility index (Phi) is 12.7. The number of carbonyl (C=O) groups excluding carboxylic acids is 6. The van der Waals surface area contributed by atoms with E-state index in [4.69, 9.17) is 33.2 Å². The maximum absolute atomic E-state index is 15.6. The highest BCUT2D eigenvalue weighted by Gasteiger charge is 2.78. The standard InChI is InChI=1S/C44H55F2NO16/c1-20-26(59-38(54)31(50)25(16-29(45)46)47-39(55)63-40(3,4)5)18-44(56)35(61-37(53)23-11-10-12-24(15-23)57-9)33-42(8,27(49)17-28-43(33,19-58-28)62-21(2)48)34(51)32(30(20)41(44,6)7)60-36(52)22-13-14-22/h10-12,15-16,22,25-28,31-33,35,49-50,56H,13-14,17-19H2,1-9H3,(H,47,55)/t25-,26-,27-,28+,31+,32+,33-,35-,42+,43-,44+/m0/s1. The normalized spacial score (nSPS) is 33.0. The minimum absolute atomic E-state index is 0.0285. The van der Waals surface area contributed by atoms with E-state index < -0.39 is 130 Å². The second-order valence-electron chi connectivity index (χ2n) is 18.7. The van der Waals surface area contributed by atoms with Crippen LogP contribution in [0.15, 0.2) is 47.6 Å². The number of benzene rings is 1. The van der Waals surface area contributed by atoms with Gasteiger partial charge in [0.05, 0.1) is 48.7 Å². The Bertz CT molecular complexity index is 2110. The molecule has 63 heavy (non-hydrogen) atoms. The van der Waals surface area contributed by atoms with Gasteiger partial charge in [-0.1, -0.05) is 19.9 Å². The fourth-order valence-corrected chi connectivity index (χ4v) is 9.71. The molecule has 1 aliphatic heterocycles. The van der Waals surface area contributed by atoms with Gasteiger partial charge in [0.2, 0.25) is 0 Å². The quantitative estimate of drug-likeness (QED) is 0.141. The summed E-state index contributed by atoms with van der Waals surface area (Å²) in [4.78, 5) is 83.2. The zero-order valence-electron chi connectivity index (χ0n) is 36.5. The molecule has 4 N–H and O–H groups in total. The van der Waals surface area contributed by atoms with Crippen molar-refractivity contribution in [3.8, 4) is 5.75 Å². The third kappa shape index (κ3) is 8.56. The van der Waals surface area contributed by atoms with Gasteiger partial charge in [-0.3, -0.25) is 14.4 Å². The van der Waals surface area contributed by atoms with Gasteiger partial charge >= 0.3 is 30.0 Å². The third-order valence-electron chi connectivity index (χ3n) is 13.2. The van der Waals surface area contributed by atoms with E-state index in [1.54, 1.807) is 6.07 Å². The van der Waals surface area contributed by atoms with Crippen LogP contribution in [0, 0.1) is 22.7 Å². The first-order valence-corrected chi connectivity index (χ1v) is 20.6. The number of amides is 1. The average Bonchev–Trinajstić information content (AvgIpc) is 4.03. The molecule has 0 unspecified atom stereocenters. The first-order chi connectivity index (χ1) is 29.2. The highest BCUT2D eigenvalue weighted by Crippen LogP contribution is 2.64. The molecule has 6 rings (SSSR count). The van der Waals surface area contributed by atoms with Crippen LogP contribution in [0.1, 0.15) is 91.4 Å². The van der Waals surface area contributed by atoms with Crippen LogP contribution < -0.4 is 10.1 Å². The number of esters is 4. The number of carbonyl (C=O) groups is 6. The van der Waals surface area contributed by atoms with E-state index in [0.717, 1.165) is 6.92 Å². The zero-order chi connectivity index (χ0) is 46.8. The smallest absolute Gasteiger partial charge is 0.408 e. The Morgan fingerprint density at radius 2 is 1.71 bits per heavy atom. The van der Waals surface area contributed by atoms with E-state index in [2.05, 4.69) is 0 Å². The number of methoxy groups -OCH3 is 1. The van der Waals surface area contributed by atoms with Crippen LogP contribution in [0.2, 0.25) is 0 Å². The van der Waals surface area contributed by atoms with Crippen LogP contribution in [0.3, 0.4) is 0 Å². The molecule has 0 radical (unpaired) electrons. The van der Waals surface area contributed by atoms with E-state index in [-0.39, 0.29) is 41.6 Å². The molecule has 19 heteroatoms. The molecule has 4 fully saturated rings. The largest absolute Gasteiger partial charge is 0.497 e. The summed E-state index contributed by atoms with van der Waals surface area (Å²) >= 11 is 0. The lowest BCUT2D eigenvalue weighted by Crippen LogP contribution is -2.82. The van der Waals surface area contributed by atoms with E-state index >= 15 is 4.79 Å². The van der Waals surface area contributed by atoms with E-state index in [0.29, 0.717) is 12.8 Å². The minimum atomic E-state index is -2.54. The molecule has 1 aromatic carbocycles. The molecule has 1 heterocycles. The predicted molar refractivity (Wildman–Crippen MR) is 212 cm³/mol. The highest BCUT2D eigenvalue weighted by molar-refractivity contribution is 5.96. The number of Topliss-reactive ketones (excluding diaryl/α,β-unsaturated/α-hetero) is 1. The Morgan fingerprint density at radius 3 is 2.27 bits per heavy atom. The van der Waals surface area contributed by atoms with Gasteiger partial charge in [0.25, 0.3) is 6.08 Å². The fraction of sp³-hybridized carbons (Fsp3) is 0.636. The molecule has 1 amide bonds. The fourth-order valence-electron chi connectivity index (χ4n) is 9.71. The molecule has 0 aromatic heterocycles. The van der Waals surface area contributed by atoms with Gasteiger partial charge in [-0.15, -0.1) is 0 Å². The van der Waals surface area contributed by atoms with Crippen LogP contribution in [0.25, 0.3) is 0 Å². The van der Waals surface area contributed by atoms with Crippen molar-refractivity contribution in [3.63, 3.8) is 0 Å². The van der Waals surface area contributed by atoms with Gasteiger partial charge in [-0.2, -0.15) is 8.78 Å². The Labute approximate surface area is 362 Å². The second kappa shape index (κ2) is 16.9. The molecule has 346 valence electrons. The van der Waals surface area contributed by atoms with E-state index in [9.17, 15) is 48.1 Å². The van der Waals surface area contributed by atoms with Gasteiger partial charge in [-0.25, -0.2) is 14.4 Å². The van der Waals surface area contributed by atoms with Crippen LogP contribution in [0.5, 0.6) is 5.75 Å². The molecule has 5 aliphatic rings. The molecule has 3 saturated carbocycles. The van der Waals surface area contributed by atoms with Crippen molar-refractivity contribution in [2.75, 3.05) is 13.7 Å². The summed E-state index contributed by atoms with van der Waals surface area (Å²) in [6, 6.07) is 3.70. The van der Waals surface area contributed by atoms with Gasteiger partial charge in [0.1, 0.15) is 35.3 Å². The van der Waals surface area contributed by atoms with Crippen LogP contribution >= 0.6 is 0 Å². The predicted octanol–water partition coefficient (Wildman–Crippen LogP) is 3.64. The highest BCUT2D eigenvalue weighted by atomic mass is 19.3. The molecule has 11 atom stereocenters. The number of halogens is 2. The second-order valence-corrected chi connectivity index (χ2v) is 18.7. The maximum atomic E-state index is 15.6. The van der Waals surface area contributed by atoms with Crippen molar-refractivity contribution in [2.45, 2.75) is 141 Å². The van der Waals surface area contributed by atoms with E-state index in [1.165, 1.54) is 73.8 Å². The van der Waals surface area contributed by atoms with Crippen molar-refractivity contribution in [2.24, 2.45) is 22.7 Å². The number of aliphatic hydroxyl groups excluding tert-OH is 2. The number of hydrogen-bond acceptors (Lipinski definition) is 16. The summed E-state index contributed by atoms with van der Waals surface area (Å²) < 4.78 is 68.0. The lowest BCUT2D eigenvalue weighted by Gasteiger charge is -2.67. The average molecular weight is 892 g/mol. The minimum Gasteiger partial charge on any atom is -0.497 e. The van der Waals surface area contributed by atoms with Crippen molar-refractivity contribution >= 4 is 35.8 Å². The topological polar surface area (TPSA) is 240 Å². The number of hydrogen-bond donors (Lipinski definition) is 4. The van der Waals surface area contributed by atoms with Crippen molar-refractivity contribution in [1.29, 1.82) is 0 Å². The molecule has 0 spiro atoms. The van der Waals surface area contributed by atoms with Crippen molar-refractivity contribution in [3.05, 3.63) is 53.1 Å². The van der Waals surface area contributed by atoms with E-state index in [1.807, 2.05) is 5.32 Å². The SMILES string of the molecule is COc1cccc(C(=O)O[C@H]2[C@@H]3[C@]4(OC(C)=O)CO[C@@H]4C[C@H](O)[C@@]3(C)C(=O)[C@H](OC(=O)C3CC3)C3=C(C)[C@@H](OC(=O)[C@H](O)[C@H](C=C(F)F)NC(=O)OC(C)(C)C)C[C@]2(O)C3(C)C)c1. The molecule has 17 nitrogen and oxygen atoms in total. The van der Waals surface area contributed by atoms with Crippen molar-refractivity contribution in [1.82, 2.24) is 5.32 Å². The monoisotopic (exact) mass is 891 g/mol. The first-order valence-electron chi connectivity index (χ1n) is 20.6. The molecule has 1 saturated heterocycles. The van der Waals surface area contributed by atoms with Gasteiger partial charge in [0.15, 0.2) is 23.6 Å². The summed E-state index contributed by atoms with van der Waals surface area (Å²) in [6.45, 7) is 10.9. The first kappa shape index (κ1) is 47.5. The molecule has 1 aromatic rings. The molecular formula is C44H55F2NO16. The number of ketones is 1. The number of alkyl carbamates (subject to hydrolysis) is 1. The molecule has 2 bridgehead atoms.